The Morgan fingerprint density at radius 1 is 1.72 bits per heavy atom. The maximum Gasteiger partial charge on any atom is 0.271 e. The first-order chi connectivity index (χ1) is 8.56. The van der Waals surface area contributed by atoms with Gasteiger partial charge in [0.05, 0.1) is 6.04 Å². The summed E-state index contributed by atoms with van der Waals surface area (Å²) < 4.78 is 0. The summed E-state index contributed by atoms with van der Waals surface area (Å²) in [4.78, 5) is 27.1. The molecule has 18 heavy (non-hydrogen) atoms. The molecular formula is C11H16N4O2S. The zero-order valence-electron chi connectivity index (χ0n) is 10.1. The summed E-state index contributed by atoms with van der Waals surface area (Å²) in [5.74, 6) is -0.173. The molecule has 1 aromatic heterocycles. The summed E-state index contributed by atoms with van der Waals surface area (Å²) in [5.41, 5.74) is 6.09. The van der Waals surface area contributed by atoms with Gasteiger partial charge in [-0.1, -0.05) is 0 Å². The van der Waals surface area contributed by atoms with Crippen molar-refractivity contribution in [3.05, 3.63) is 16.1 Å². The van der Waals surface area contributed by atoms with Crippen LogP contribution in [0.25, 0.3) is 0 Å². The summed E-state index contributed by atoms with van der Waals surface area (Å²) in [6, 6.07) is -0.179. The lowest BCUT2D eigenvalue weighted by Crippen LogP contribution is -2.47. The van der Waals surface area contributed by atoms with E-state index in [1.165, 1.54) is 11.3 Å². The van der Waals surface area contributed by atoms with Crippen molar-refractivity contribution in [3.8, 4) is 0 Å². The first-order valence-electron chi connectivity index (χ1n) is 5.85. The van der Waals surface area contributed by atoms with Crippen LogP contribution in [0.3, 0.4) is 0 Å². The van der Waals surface area contributed by atoms with Gasteiger partial charge in [0.15, 0.2) is 0 Å². The largest absolute Gasteiger partial charge is 0.354 e. The number of hydrogen-bond acceptors (Lipinski definition) is 5. The van der Waals surface area contributed by atoms with Crippen molar-refractivity contribution in [1.29, 1.82) is 0 Å². The molecule has 1 aromatic rings. The van der Waals surface area contributed by atoms with E-state index in [0.29, 0.717) is 25.1 Å². The number of nitrogens with two attached hydrogens (primary N) is 1. The third-order valence-electron chi connectivity index (χ3n) is 2.74. The highest BCUT2D eigenvalue weighted by Crippen LogP contribution is 2.16. The molecule has 0 saturated carbocycles. The summed E-state index contributed by atoms with van der Waals surface area (Å²) in [7, 11) is 0. The van der Waals surface area contributed by atoms with E-state index in [2.05, 4.69) is 15.6 Å². The first kappa shape index (κ1) is 13.0. The number of aromatic nitrogens is 1. The quantitative estimate of drug-likeness (QED) is 0.728. The van der Waals surface area contributed by atoms with Gasteiger partial charge >= 0.3 is 0 Å². The number of nitrogens with one attached hydrogen (secondary N) is 2. The summed E-state index contributed by atoms with van der Waals surface area (Å²) in [6.07, 6.45) is 1.12. The summed E-state index contributed by atoms with van der Waals surface area (Å²) in [6.45, 7) is 2.31. The van der Waals surface area contributed by atoms with Gasteiger partial charge in [-0.15, -0.1) is 11.3 Å². The fourth-order valence-electron chi connectivity index (χ4n) is 1.72. The van der Waals surface area contributed by atoms with Gasteiger partial charge < -0.3 is 16.4 Å². The Morgan fingerprint density at radius 2 is 2.50 bits per heavy atom. The minimum absolute atomic E-state index is 0.0179. The highest BCUT2D eigenvalue weighted by molar-refractivity contribution is 7.09. The van der Waals surface area contributed by atoms with Gasteiger partial charge in [0.2, 0.25) is 5.91 Å². The third-order valence-corrected chi connectivity index (χ3v) is 3.79. The second-order valence-corrected chi connectivity index (χ2v) is 5.26. The zero-order valence-corrected chi connectivity index (χ0v) is 10.9. The maximum absolute atomic E-state index is 11.9. The Hall–Kier alpha value is -1.47. The Labute approximate surface area is 109 Å². The van der Waals surface area contributed by atoms with E-state index in [4.69, 9.17) is 5.73 Å². The topological polar surface area (TPSA) is 97.1 Å². The Balaban J connectivity index is 1.92. The van der Waals surface area contributed by atoms with Crippen LogP contribution in [0, 0.1) is 0 Å². The molecule has 0 bridgehead atoms. The lowest BCUT2D eigenvalue weighted by molar-refractivity contribution is -0.122. The molecule has 1 aliphatic rings. The highest BCUT2D eigenvalue weighted by Gasteiger charge is 2.21. The molecule has 6 nitrogen and oxygen atoms in total. The van der Waals surface area contributed by atoms with Crippen molar-refractivity contribution >= 4 is 23.2 Å². The van der Waals surface area contributed by atoms with Crippen LogP contribution in [0.5, 0.6) is 0 Å². The van der Waals surface area contributed by atoms with Crippen LogP contribution < -0.4 is 16.4 Å². The number of thiazole rings is 1. The Kier molecular flexibility index (Phi) is 3.93. The molecular weight excluding hydrogens is 252 g/mol. The minimum Gasteiger partial charge on any atom is -0.354 e. The van der Waals surface area contributed by atoms with Crippen LogP contribution in [-0.4, -0.2) is 29.4 Å². The fraction of sp³-hybridized carbons (Fsp3) is 0.545. The number of nitrogens with zero attached hydrogens (tertiary/aromatic N) is 1. The number of rotatable bonds is 3. The lowest BCUT2D eigenvalue weighted by Gasteiger charge is -2.22. The Morgan fingerprint density at radius 3 is 3.06 bits per heavy atom. The predicted octanol–water partition coefficient (Wildman–Crippen LogP) is 0.171. The molecule has 2 heterocycles. The molecule has 0 spiro atoms. The molecule has 0 radical (unpaired) electrons. The first-order valence-corrected chi connectivity index (χ1v) is 6.73. The van der Waals surface area contributed by atoms with Crippen LogP contribution in [-0.2, 0) is 4.79 Å². The minimum atomic E-state index is -0.209. The van der Waals surface area contributed by atoms with Gasteiger partial charge in [0.1, 0.15) is 10.7 Å². The van der Waals surface area contributed by atoms with Crippen molar-refractivity contribution in [1.82, 2.24) is 15.6 Å². The average Bonchev–Trinajstić information content (AvgIpc) is 2.81. The van der Waals surface area contributed by atoms with Gasteiger partial charge in [0.25, 0.3) is 5.91 Å². The average molecular weight is 268 g/mol. The van der Waals surface area contributed by atoms with Crippen LogP contribution in [0.15, 0.2) is 5.38 Å². The van der Waals surface area contributed by atoms with Crippen LogP contribution >= 0.6 is 11.3 Å². The number of hydrogen-bond donors (Lipinski definition) is 3. The molecule has 2 unspecified atom stereocenters. The zero-order chi connectivity index (χ0) is 13.1. The predicted molar refractivity (Wildman–Crippen MR) is 68.2 cm³/mol. The number of carbonyl (C=O) groups is 2. The van der Waals surface area contributed by atoms with Crippen molar-refractivity contribution in [2.75, 3.05) is 6.54 Å². The van der Waals surface area contributed by atoms with E-state index in [1.54, 1.807) is 5.38 Å². The van der Waals surface area contributed by atoms with Gasteiger partial charge in [-0.25, -0.2) is 4.98 Å². The van der Waals surface area contributed by atoms with Crippen LogP contribution in [0.4, 0.5) is 0 Å². The second kappa shape index (κ2) is 5.45. The van der Waals surface area contributed by atoms with E-state index in [9.17, 15) is 9.59 Å². The summed E-state index contributed by atoms with van der Waals surface area (Å²) >= 11 is 1.38. The molecule has 2 rings (SSSR count). The number of amides is 2. The van der Waals surface area contributed by atoms with Crippen molar-refractivity contribution in [3.63, 3.8) is 0 Å². The summed E-state index contributed by atoms with van der Waals surface area (Å²) in [5, 5.41) is 8.03. The van der Waals surface area contributed by atoms with Crippen molar-refractivity contribution < 1.29 is 9.59 Å². The molecule has 7 heteroatoms. The molecule has 0 aliphatic carbocycles. The fourth-order valence-corrected chi connectivity index (χ4v) is 2.47. The van der Waals surface area contributed by atoms with E-state index in [0.717, 1.165) is 5.01 Å². The highest BCUT2D eigenvalue weighted by atomic mass is 32.1. The van der Waals surface area contributed by atoms with Gasteiger partial charge in [-0.2, -0.15) is 0 Å². The molecule has 1 saturated heterocycles. The van der Waals surface area contributed by atoms with Crippen molar-refractivity contribution in [2.45, 2.75) is 31.8 Å². The molecule has 0 aromatic carbocycles. The van der Waals surface area contributed by atoms with E-state index >= 15 is 0 Å². The SMILES string of the molecule is CC(N)c1nc(C(=O)NC2CCC(=O)NC2)cs1. The van der Waals surface area contributed by atoms with Crippen LogP contribution in [0.1, 0.15) is 41.3 Å². The van der Waals surface area contributed by atoms with E-state index < -0.39 is 0 Å². The molecule has 2 atom stereocenters. The smallest absolute Gasteiger partial charge is 0.271 e. The van der Waals surface area contributed by atoms with Gasteiger partial charge in [-0.3, -0.25) is 9.59 Å². The van der Waals surface area contributed by atoms with Gasteiger partial charge in [-0.05, 0) is 13.3 Å². The second-order valence-electron chi connectivity index (χ2n) is 4.37. The molecule has 2 amide bonds. The van der Waals surface area contributed by atoms with Gasteiger partial charge in [0, 0.05) is 24.4 Å². The van der Waals surface area contributed by atoms with E-state index in [-0.39, 0.29) is 23.9 Å². The molecule has 98 valence electrons. The lowest BCUT2D eigenvalue weighted by atomic mass is 10.1. The van der Waals surface area contributed by atoms with Crippen molar-refractivity contribution in [2.24, 2.45) is 5.73 Å². The number of carbonyl (C=O) groups excluding carboxylic acids is 2. The Bertz CT molecular complexity index is 448. The monoisotopic (exact) mass is 268 g/mol. The molecule has 1 aliphatic heterocycles. The van der Waals surface area contributed by atoms with E-state index in [1.807, 2.05) is 6.92 Å². The normalized spacial score (nSPS) is 21.2. The standard InChI is InChI=1S/C11H16N4O2S/c1-6(12)11-15-8(5-18-11)10(17)14-7-2-3-9(16)13-4-7/h5-7H,2-4,12H2,1H3,(H,13,16)(H,14,17). The number of piperidine rings is 1. The molecule has 1 fully saturated rings. The third kappa shape index (κ3) is 3.05. The molecule has 4 N–H and O–H groups in total. The maximum atomic E-state index is 11.9. The van der Waals surface area contributed by atoms with Crippen LogP contribution in [0.2, 0.25) is 0 Å².